The molecule has 0 N–H and O–H groups in total. The fourth-order valence-corrected chi connectivity index (χ4v) is 21.1. The molecule has 0 atom stereocenters. The molecular formula is C126H78N12. The first-order chi connectivity index (χ1) is 68.0. The molecule has 0 unspecified atom stereocenters. The van der Waals surface area contributed by atoms with Gasteiger partial charge in [0.05, 0.1) is 61.3 Å². The van der Waals surface area contributed by atoms with E-state index in [0.717, 1.165) is 148 Å². The summed E-state index contributed by atoms with van der Waals surface area (Å²) in [5, 5.41) is 46.6. The summed E-state index contributed by atoms with van der Waals surface area (Å²) in [6.45, 7) is 4.64. The summed E-state index contributed by atoms with van der Waals surface area (Å²) in [6, 6.07) is 156. The number of rotatable bonds is 10. The van der Waals surface area contributed by atoms with Gasteiger partial charge in [0.15, 0.2) is 11.4 Å². The molecule has 12 heteroatoms. The quantitative estimate of drug-likeness (QED) is 0.130. The van der Waals surface area contributed by atoms with Crippen molar-refractivity contribution in [1.82, 2.24) is 43.6 Å². The van der Waals surface area contributed by atoms with Crippen LogP contribution in [0.4, 0.5) is 0 Å². The first-order valence-electron chi connectivity index (χ1n) is 46.2. The molecule has 1 aliphatic rings. The summed E-state index contributed by atoms with van der Waals surface area (Å²) < 4.78 is 6.38. The maximum atomic E-state index is 10.2. The van der Waals surface area contributed by atoms with Crippen LogP contribution in [0.15, 0.2) is 437 Å². The minimum atomic E-state index is -0.0709. The lowest BCUT2D eigenvalue weighted by atomic mass is 9.81. The van der Waals surface area contributed by atoms with Crippen molar-refractivity contribution in [3.63, 3.8) is 0 Å². The van der Waals surface area contributed by atoms with E-state index >= 15 is 0 Å². The average Bonchev–Trinajstić information content (AvgIpc) is 1.60. The molecule has 7 aromatic heterocycles. The Morgan fingerprint density at radius 2 is 0.630 bits per heavy atom. The van der Waals surface area contributed by atoms with Crippen molar-refractivity contribution in [3.8, 4) is 125 Å². The van der Waals surface area contributed by atoms with Gasteiger partial charge >= 0.3 is 0 Å². The Bertz CT molecular complexity index is 9670. The molecule has 26 aromatic rings. The highest BCUT2D eigenvalue weighted by atomic mass is 15.2. The molecule has 0 saturated carbocycles. The standard InChI is InChI=1S/C43H26N4.C42H28N4.C41H24N4/c44-27-34-26-43(46-40-25-33(16-18-37(34)40)29-20-22-45-23-21-29)47-41-11-4-3-9-38(41)39-24-32(17-19-42(39)47)28-12-14-31(15-13-28)36-10-5-7-30-6-1-2-8-35(30)36;1-42(2)35-14-8-6-12-30(35)31-19-16-29(24-36(31)42)28-18-21-40-34(23-28)33-22-27(26-10-4-3-5-11-26)17-20-39(33)46(40)41-44-37-15-9-7-13-32(37)38(25-43)45-41;42-25-37-34-16-8-9-17-36(34)43-41(44-37)45-38-22-19-28(24-35(38)40-31-13-5-4-12-27(31)18-23-39(40)45)30-21-20-29(26-10-2-1-3-11-26)32-14-6-7-15-33(30)32/h1-26H;3-24H,1-2H3;1-24H. The summed E-state index contributed by atoms with van der Waals surface area (Å²) in [4.78, 5) is 28.8. The lowest BCUT2D eigenvalue weighted by molar-refractivity contribution is 0.660. The van der Waals surface area contributed by atoms with Gasteiger partial charge in [0, 0.05) is 66.3 Å². The van der Waals surface area contributed by atoms with Gasteiger partial charge in [-0.25, -0.2) is 24.9 Å². The van der Waals surface area contributed by atoms with E-state index < -0.39 is 0 Å². The number of pyridine rings is 2. The second kappa shape index (κ2) is 33.1. The van der Waals surface area contributed by atoms with Gasteiger partial charge in [-0.3, -0.25) is 18.7 Å². The summed E-state index contributed by atoms with van der Waals surface area (Å²) in [6.07, 6.45) is 3.58. The Morgan fingerprint density at radius 1 is 0.225 bits per heavy atom. The van der Waals surface area contributed by atoms with E-state index in [1.807, 2.05) is 84.9 Å². The van der Waals surface area contributed by atoms with E-state index in [1.54, 1.807) is 12.4 Å². The molecule has 0 spiro atoms. The molecule has 0 bridgehead atoms. The monoisotopic (exact) mass is 1760 g/mol. The molecule has 12 nitrogen and oxygen atoms in total. The zero-order valence-corrected chi connectivity index (χ0v) is 74.9. The lowest BCUT2D eigenvalue weighted by Gasteiger charge is -2.22. The summed E-state index contributed by atoms with van der Waals surface area (Å²) >= 11 is 0. The molecule has 19 aromatic carbocycles. The zero-order valence-electron chi connectivity index (χ0n) is 74.9. The Labute approximate surface area is 793 Å². The number of fused-ring (bicyclic) bond motifs is 19. The van der Waals surface area contributed by atoms with E-state index in [0.29, 0.717) is 28.8 Å². The van der Waals surface area contributed by atoms with Crippen molar-refractivity contribution in [1.29, 1.82) is 15.8 Å². The third-order valence-corrected chi connectivity index (χ3v) is 27.7. The maximum absolute atomic E-state index is 10.2. The van der Waals surface area contributed by atoms with Crippen LogP contribution in [0.5, 0.6) is 0 Å². The number of nitrogens with zero attached hydrogens (tertiary/aromatic N) is 12. The van der Waals surface area contributed by atoms with Crippen LogP contribution in [-0.4, -0.2) is 43.6 Å². The predicted molar refractivity (Wildman–Crippen MR) is 564 cm³/mol. The van der Waals surface area contributed by atoms with Crippen molar-refractivity contribution in [2.75, 3.05) is 0 Å². The Morgan fingerprint density at radius 3 is 1.28 bits per heavy atom. The average molecular weight is 1760 g/mol. The van der Waals surface area contributed by atoms with Crippen LogP contribution in [0, 0.1) is 34.0 Å². The third-order valence-electron chi connectivity index (χ3n) is 27.7. The molecule has 1 aliphatic carbocycles. The van der Waals surface area contributed by atoms with Gasteiger partial charge in [0.1, 0.15) is 18.0 Å². The smallest absolute Gasteiger partial charge is 0.236 e. The molecule has 642 valence electrons. The van der Waals surface area contributed by atoms with E-state index in [9.17, 15) is 15.8 Å². The van der Waals surface area contributed by atoms with E-state index in [2.05, 4.69) is 390 Å². The van der Waals surface area contributed by atoms with Crippen molar-refractivity contribution < 1.29 is 0 Å². The zero-order chi connectivity index (χ0) is 92.2. The van der Waals surface area contributed by atoms with Crippen molar-refractivity contribution in [2.45, 2.75) is 19.3 Å². The fraction of sp³-hybridized carbons (Fsp3) is 0.0238. The van der Waals surface area contributed by atoms with Gasteiger partial charge in [-0.05, 0) is 248 Å². The van der Waals surface area contributed by atoms with Gasteiger partial charge in [-0.1, -0.05) is 323 Å². The number of nitriles is 3. The molecule has 0 fully saturated rings. The predicted octanol–water partition coefficient (Wildman–Crippen LogP) is 31.2. The van der Waals surface area contributed by atoms with Gasteiger partial charge < -0.3 is 0 Å². The normalized spacial score (nSPS) is 12.0. The molecule has 27 rings (SSSR count). The summed E-state index contributed by atoms with van der Waals surface area (Å²) in [7, 11) is 0. The minimum Gasteiger partial charge on any atom is -0.294 e. The van der Waals surface area contributed by atoms with Crippen molar-refractivity contribution in [3.05, 3.63) is 465 Å². The van der Waals surface area contributed by atoms with Crippen LogP contribution in [0.1, 0.15) is 41.9 Å². The number of benzene rings is 19. The van der Waals surface area contributed by atoms with E-state index in [4.69, 9.17) is 24.9 Å². The second-order valence-corrected chi connectivity index (χ2v) is 35.7. The maximum Gasteiger partial charge on any atom is 0.236 e. The summed E-state index contributed by atoms with van der Waals surface area (Å²) in [5.74, 6) is 1.71. The van der Waals surface area contributed by atoms with Crippen LogP contribution in [0.3, 0.4) is 0 Å². The number of para-hydroxylation sites is 3. The molecule has 0 aliphatic heterocycles. The van der Waals surface area contributed by atoms with Crippen LogP contribution in [0.25, 0.3) is 237 Å². The molecule has 138 heavy (non-hydrogen) atoms. The Kier molecular flexibility index (Phi) is 19.5. The number of hydrogen-bond acceptors (Lipinski definition) is 9. The highest BCUT2D eigenvalue weighted by Gasteiger charge is 2.36. The van der Waals surface area contributed by atoms with Crippen LogP contribution < -0.4 is 0 Å². The number of hydrogen-bond donors (Lipinski definition) is 0. The van der Waals surface area contributed by atoms with Crippen LogP contribution in [0.2, 0.25) is 0 Å². The highest BCUT2D eigenvalue weighted by molar-refractivity contribution is 6.23. The fourth-order valence-electron chi connectivity index (χ4n) is 21.1. The largest absolute Gasteiger partial charge is 0.294 e. The molecular weight excluding hydrogens is 1680 g/mol. The van der Waals surface area contributed by atoms with Gasteiger partial charge in [0.2, 0.25) is 11.9 Å². The lowest BCUT2D eigenvalue weighted by Crippen LogP contribution is -2.14. The topological polar surface area (TPSA) is 164 Å². The first kappa shape index (κ1) is 81.1. The minimum absolute atomic E-state index is 0.0709. The van der Waals surface area contributed by atoms with Crippen LogP contribution in [-0.2, 0) is 5.41 Å². The van der Waals surface area contributed by atoms with Gasteiger partial charge in [-0.15, -0.1) is 0 Å². The second-order valence-electron chi connectivity index (χ2n) is 35.7. The molecule has 7 heterocycles. The van der Waals surface area contributed by atoms with Crippen molar-refractivity contribution in [2.24, 2.45) is 0 Å². The van der Waals surface area contributed by atoms with Gasteiger partial charge in [-0.2, -0.15) is 15.8 Å². The highest BCUT2D eigenvalue weighted by Crippen LogP contribution is 2.51. The SMILES string of the molecule is CC1(C)c2ccccc2-c2ccc(-c3ccc4c(c3)c3cc(-c5ccccc5)ccc3n4-c3nc(C#N)c4ccccc4n3)cc21.N#Cc1cc(-n2c3ccccc3c3cc(-c4ccc(-c5cccc6ccccc56)cc4)ccc32)nc2cc(-c3ccncc3)ccc12.N#Cc1nc(-n2c3ccc(-c4ccc(-c5ccccc5)c5ccccc45)cc3c3c4ccccc4ccc32)nc2ccccc12. The van der Waals surface area contributed by atoms with E-state index in [-0.39, 0.29) is 5.41 Å². The summed E-state index contributed by atoms with van der Waals surface area (Å²) in [5.41, 5.74) is 31.2. The Hall–Kier alpha value is -18.9. The number of aromatic nitrogens is 9. The molecule has 0 amide bonds. The van der Waals surface area contributed by atoms with Gasteiger partial charge in [0.25, 0.3) is 0 Å². The third kappa shape index (κ3) is 13.6. The Balaban J connectivity index is 0.000000110. The van der Waals surface area contributed by atoms with Crippen LogP contribution >= 0.6 is 0 Å². The first-order valence-corrected chi connectivity index (χ1v) is 46.2. The molecule has 0 saturated heterocycles. The van der Waals surface area contributed by atoms with E-state index in [1.165, 1.54) is 88.0 Å². The van der Waals surface area contributed by atoms with Crippen molar-refractivity contribution >= 4 is 130 Å². The molecule has 0 radical (unpaired) electrons.